The Balaban J connectivity index is 2.58. The van der Waals surface area contributed by atoms with Crippen LogP contribution in [0.5, 0.6) is 0 Å². The van der Waals surface area contributed by atoms with Gasteiger partial charge in [-0.05, 0) is 18.6 Å². The zero-order valence-electron chi connectivity index (χ0n) is 10.8. The maximum absolute atomic E-state index is 12.0. The lowest BCUT2D eigenvalue weighted by Gasteiger charge is -2.06. The molecule has 0 aliphatic heterocycles. The number of rotatable bonds is 8. The normalized spacial score (nSPS) is 12.5. The molecular weight excluding hydrogens is 294 g/mol. The Morgan fingerprint density at radius 3 is 2.58 bits per heavy atom. The van der Waals surface area contributed by atoms with E-state index in [1.165, 1.54) is 6.07 Å². The average molecular weight is 312 g/mol. The summed E-state index contributed by atoms with van der Waals surface area (Å²) in [5.41, 5.74) is 0. The van der Waals surface area contributed by atoms with Crippen molar-refractivity contribution in [2.45, 2.75) is 36.9 Å². The summed E-state index contributed by atoms with van der Waals surface area (Å²) in [6, 6.07) is 3.53. The van der Waals surface area contributed by atoms with E-state index in [1.54, 1.807) is 6.07 Å². The van der Waals surface area contributed by atoms with Gasteiger partial charge in [0.1, 0.15) is 4.21 Å². The molecule has 2 N–H and O–H groups in total. The second-order valence-corrected chi connectivity index (χ2v) is 7.48. The summed E-state index contributed by atoms with van der Waals surface area (Å²) >= 11 is 1.11. The first-order valence-electron chi connectivity index (χ1n) is 5.91. The molecule has 0 saturated heterocycles. The fourth-order valence-corrected chi connectivity index (χ4v) is 3.77. The van der Waals surface area contributed by atoms with Crippen molar-refractivity contribution >= 4 is 21.4 Å². The highest BCUT2D eigenvalue weighted by atomic mass is 32.2. The molecule has 0 unspecified atom stereocenters. The van der Waals surface area contributed by atoms with Crippen molar-refractivity contribution < 1.29 is 17.2 Å². The Hall–Kier alpha value is -0.570. The minimum absolute atomic E-state index is 0.0766. The molecule has 0 aliphatic carbocycles. The first kappa shape index (κ1) is 16.5. The summed E-state index contributed by atoms with van der Waals surface area (Å²) in [4.78, 5) is 0.908. The zero-order valence-corrected chi connectivity index (χ0v) is 12.5. The molecular formula is C11H18F2N2O2S2. The number of halogens is 2. The molecule has 1 aromatic rings. The van der Waals surface area contributed by atoms with Gasteiger partial charge in [-0.15, -0.1) is 11.3 Å². The monoisotopic (exact) mass is 312 g/mol. The Kier molecular flexibility index (Phi) is 6.31. The number of sulfonamides is 1. The van der Waals surface area contributed by atoms with Crippen LogP contribution in [0, 0.1) is 0 Å². The first-order valence-corrected chi connectivity index (χ1v) is 8.21. The number of thiophene rings is 1. The summed E-state index contributed by atoms with van der Waals surface area (Å²) in [6.45, 7) is 3.95. The van der Waals surface area contributed by atoms with Gasteiger partial charge < -0.3 is 5.32 Å². The van der Waals surface area contributed by atoms with Crippen molar-refractivity contribution in [2.75, 3.05) is 13.1 Å². The van der Waals surface area contributed by atoms with Crippen LogP contribution in [0.25, 0.3) is 0 Å². The third-order valence-corrected chi connectivity index (χ3v) is 5.31. The summed E-state index contributed by atoms with van der Waals surface area (Å²) in [7, 11) is -3.81. The number of hydrogen-bond acceptors (Lipinski definition) is 4. The highest BCUT2D eigenvalue weighted by molar-refractivity contribution is 7.91. The molecule has 1 aromatic heterocycles. The van der Waals surface area contributed by atoms with Crippen LogP contribution in [0.3, 0.4) is 0 Å². The largest absolute Gasteiger partial charge is 0.314 e. The van der Waals surface area contributed by atoms with Crippen molar-refractivity contribution in [3.05, 3.63) is 17.0 Å². The summed E-state index contributed by atoms with van der Waals surface area (Å²) < 4.78 is 49.3. The molecule has 0 amide bonds. The lowest BCUT2D eigenvalue weighted by Crippen LogP contribution is -2.28. The molecule has 0 bridgehead atoms. The molecule has 19 heavy (non-hydrogen) atoms. The topological polar surface area (TPSA) is 58.2 Å². The smallest absolute Gasteiger partial charge is 0.251 e. The minimum Gasteiger partial charge on any atom is -0.314 e. The van der Waals surface area contributed by atoms with Crippen molar-refractivity contribution in [2.24, 2.45) is 0 Å². The predicted octanol–water partition coefficient (Wildman–Crippen LogP) is 1.83. The molecule has 0 fully saturated rings. The third-order valence-electron chi connectivity index (χ3n) is 2.25. The summed E-state index contributed by atoms with van der Waals surface area (Å²) in [6.07, 6.45) is -1.97. The van der Waals surface area contributed by atoms with Crippen molar-refractivity contribution in [3.8, 4) is 0 Å². The third kappa shape index (κ3) is 5.94. The van der Waals surface area contributed by atoms with Crippen molar-refractivity contribution in [1.29, 1.82) is 0 Å². The Bertz CT molecular complexity index is 487. The Morgan fingerprint density at radius 2 is 2.00 bits per heavy atom. The van der Waals surface area contributed by atoms with Crippen LogP contribution in [-0.2, 0) is 16.4 Å². The molecule has 1 heterocycles. The van der Waals surface area contributed by atoms with Gasteiger partial charge in [0.2, 0.25) is 10.0 Å². The maximum Gasteiger partial charge on any atom is 0.251 e. The number of alkyl halides is 2. The molecule has 0 atom stereocenters. The SMILES string of the molecule is CC(C)NCCc1ccc(S(=O)(=O)NCC(F)F)s1. The van der Waals surface area contributed by atoms with Crippen LogP contribution >= 0.6 is 11.3 Å². The molecule has 0 aromatic carbocycles. The first-order chi connectivity index (χ1) is 8.81. The van der Waals surface area contributed by atoms with Crippen molar-refractivity contribution in [3.63, 3.8) is 0 Å². The molecule has 0 spiro atoms. The van der Waals surface area contributed by atoms with E-state index >= 15 is 0 Å². The van der Waals surface area contributed by atoms with Gasteiger partial charge in [-0.3, -0.25) is 0 Å². The van der Waals surface area contributed by atoms with E-state index in [1.807, 2.05) is 18.6 Å². The van der Waals surface area contributed by atoms with Crippen LogP contribution in [0.4, 0.5) is 8.78 Å². The van der Waals surface area contributed by atoms with E-state index < -0.39 is 23.0 Å². The van der Waals surface area contributed by atoms with Gasteiger partial charge >= 0.3 is 0 Å². The van der Waals surface area contributed by atoms with Crippen LogP contribution in [0.15, 0.2) is 16.3 Å². The quantitative estimate of drug-likeness (QED) is 0.770. The number of hydrogen-bond donors (Lipinski definition) is 2. The van der Waals surface area contributed by atoms with E-state index in [-0.39, 0.29) is 4.21 Å². The second kappa shape index (κ2) is 7.28. The van der Waals surface area contributed by atoms with Gasteiger partial charge in [0, 0.05) is 17.5 Å². The predicted molar refractivity (Wildman–Crippen MR) is 72.4 cm³/mol. The van der Waals surface area contributed by atoms with Gasteiger partial charge in [-0.2, -0.15) is 0 Å². The average Bonchev–Trinajstić information content (AvgIpc) is 2.75. The van der Waals surface area contributed by atoms with Crippen molar-refractivity contribution in [1.82, 2.24) is 10.0 Å². The fraction of sp³-hybridized carbons (Fsp3) is 0.636. The van der Waals surface area contributed by atoms with Crippen LogP contribution in [0.2, 0.25) is 0 Å². The molecule has 1 rings (SSSR count). The Labute approximate surface area is 116 Å². The second-order valence-electron chi connectivity index (χ2n) is 4.32. The van der Waals surface area contributed by atoms with Gasteiger partial charge in [-0.1, -0.05) is 13.8 Å². The van der Waals surface area contributed by atoms with E-state index in [4.69, 9.17) is 0 Å². The maximum atomic E-state index is 12.0. The standard InChI is InChI=1S/C11H18F2N2O2S2/c1-8(2)14-6-5-9-3-4-11(18-9)19(16,17)15-7-10(12)13/h3-4,8,10,14-15H,5-7H2,1-2H3. The van der Waals surface area contributed by atoms with E-state index in [0.29, 0.717) is 12.5 Å². The Morgan fingerprint density at radius 1 is 1.32 bits per heavy atom. The molecule has 110 valence electrons. The highest BCUT2D eigenvalue weighted by Gasteiger charge is 2.18. The lowest BCUT2D eigenvalue weighted by molar-refractivity contribution is 0.153. The van der Waals surface area contributed by atoms with E-state index in [0.717, 1.165) is 22.8 Å². The lowest BCUT2D eigenvalue weighted by atomic mass is 10.3. The number of nitrogens with one attached hydrogen (secondary N) is 2. The van der Waals surface area contributed by atoms with Crippen LogP contribution in [-0.4, -0.2) is 34.0 Å². The highest BCUT2D eigenvalue weighted by Crippen LogP contribution is 2.21. The summed E-state index contributed by atoms with van der Waals surface area (Å²) in [5, 5.41) is 3.22. The molecule has 0 saturated carbocycles. The van der Waals surface area contributed by atoms with Gasteiger partial charge in [0.15, 0.2) is 0 Å². The molecule has 0 radical (unpaired) electrons. The van der Waals surface area contributed by atoms with E-state index in [9.17, 15) is 17.2 Å². The fourth-order valence-electron chi connectivity index (χ4n) is 1.36. The van der Waals surface area contributed by atoms with Crippen LogP contribution in [0.1, 0.15) is 18.7 Å². The van der Waals surface area contributed by atoms with Gasteiger partial charge in [0.05, 0.1) is 6.54 Å². The molecule has 8 heteroatoms. The van der Waals surface area contributed by atoms with Crippen LogP contribution < -0.4 is 10.0 Å². The van der Waals surface area contributed by atoms with E-state index in [2.05, 4.69) is 5.32 Å². The van der Waals surface area contributed by atoms with Gasteiger partial charge in [-0.25, -0.2) is 21.9 Å². The molecule has 0 aliphatic rings. The summed E-state index contributed by atoms with van der Waals surface area (Å²) in [5.74, 6) is 0. The zero-order chi connectivity index (χ0) is 14.5. The molecule has 4 nitrogen and oxygen atoms in total. The minimum atomic E-state index is -3.81. The van der Waals surface area contributed by atoms with Gasteiger partial charge in [0.25, 0.3) is 6.43 Å².